The van der Waals surface area contributed by atoms with Gasteiger partial charge in [0.05, 0.1) is 13.2 Å². The number of ether oxygens (including phenoxy) is 3. The fraction of sp³-hybridized carbons (Fsp3) is 0.286. The first-order chi connectivity index (χ1) is 14.2. The molecule has 8 heteroatoms. The van der Waals surface area contributed by atoms with E-state index in [1.807, 2.05) is 36.4 Å². The number of anilines is 1. The summed E-state index contributed by atoms with van der Waals surface area (Å²) in [6.07, 6.45) is 0.365. The van der Waals surface area contributed by atoms with Crippen molar-refractivity contribution < 1.29 is 19.0 Å². The van der Waals surface area contributed by atoms with E-state index in [0.717, 1.165) is 16.7 Å². The van der Waals surface area contributed by atoms with Crippen LogP contribution in [0.2, 0.25) is 0 Å². The lowest BCUT2D eigenvalue weighted by Crippen LogP contribution is -2.44. The Hall–Kier alpha value is -3.39. The Morgan fingerprint density at radius 2 is 1.72 bits per heavy atom. The number of hydrogen-bond donors (Lipinski definition) is 1. The van der Waals surface area contributed by atoms with E-state index in [0.29, 0.717) is 61.3 Å². The lowest BCUT2D eigenvalue weighted by molar-refractivity contribution is -0.128. The van der Waals surface area contributed by atoms with E-state index in [-0.39, 0.29) is 12.7 Å². The molecule has 3 aliphatic heterocycles. The van der Waals surface area contributed by atoms with E-state index in [2.05, 4.69) is 10.2 Å². The van der Waals surface area contributed by atoms with Gasteiger partial charge in [0.25, 0.3) is 5.91 Å². The fourth-order valence-corrected chi connectivity index (χ4v) is 3.65. The van der Waals surface area contributed by atoms with Crippen molar-refractivity contribution in [3.63, 3.8) is 0 Å². The molecule has 1 saturated heterocycles. The van der Waals surface area contributed by atoms with Crippen LogP contribution in [-0.4, -0.2) is 55.3 Å². The monoisotopic (exact) mass is 392 g/mol. The predicted molar refractivity (Wildman–Crippen MR) is 108 cm³/mol. The van der Waals surface area contributed by atoms with Crippen LogP contribution in [0.5, 0.6) is 11.5 Å². The number of nitrogens with zero attached hydrogens (tertiary/aromatic N) is 3. The van der Waals surface area contributed by atoms with Crippen LogP contribution in [0, 0.1) is 0 Å². The maximum Gasteiger partial charge on any atom is 0.270 e. The topological polar surface area (TPSA) is 98.7 Å². The number of carbonyl (C=O) groups excluding carboxylic acids is 1. The minimum absolute atomic E-state index is 0.112. The zero-order chi connectivity index (χ0) is 19.8. The van der Waals surface area contributed by atoms with Crippen molar-refractivity contribution in [3.8, 4) is 11.5 Å². The molecule has 3 heterocycles. The van der Waals surface area contributed by atoms with Crippen molar-refractivity contribution in [1.82, 2.24) is 4.90 Å². The zero-order valence-electron chi connectivity index (χ0n) is 15.8. The highest BCUT2D eigenvalue weighted by molar-refractivity contribution is 6.40. The molecule has 0 spiro atoms. The molecule has 1 amide bonds. The first-order valence-corrected chi connectivity index (χ1v) is 9.49. The van der Waals surface area contributed by atoms with Gasteiger partial charge in [0, 0.05) is 36.3 Å². The molecule has 1 fully saturated rings. The second-order valence-corrected chi connectivity index (χ2v) is 7.06. The number of amides is 1. The minimum Gasteiger partial charge on any atom is -0.454 e. The third-order valence-electron chi connectivity index (χ3n) is 5.21. The largest absolute Gasteiger partial charge is 0.454 e. The van der Waals surface area contributed by atoms with Gasteiger partial charge in [-0.05, 0) is 29.8 Å². The Bertz CT molecular complexity index is 1020. The Balaban J connectivity index is 1.59. The first kappa shape index (κ1) is 17.7. The number of nitrogen functional groups attached to an aromatic ring is 1. The summed E-state index contributed by atoms with van der Waals surface area (Å²) < 4.78 is 16.4. The highest BCUT2D eigenvalue weighted by Gasteiger charge is 2.28. The summed E-state index contributed by atoms with van der Waals surface area (Å²) in [5.41, 5.74) is 10.2. The molecule has 0 saturated carbocycles. The van der Waals surface area contributed by atoms with E-state index in [9.17, 15) is 4.79 Å². The van der Waals surface area contributed by atoms with Crippen molar-refractivity contribution in [2.45, 2.75) is 6.42 Å². The van der Waals surface area contributed by atoms with E-state index >= 15 is 0 Å². The quantitative estimate of drug-likeness (QED) is 0.783. The second-order valence-electron chi connectivity index (χ2n) is 7.06. The van der Waals surface area contributed by atoms with Gasteiger partial charge in [-0.25, -0.2) is 0 Å². The van der Waals surface area contributed by atoms with Crippen LogP contribution in [0.1, 0.15) is 16.7 Å². The molecule has 3 aliphatic rings. The maximum atomic E-state index is 13.0. The van der Waals surface area contributed by atoms with Gasteiger partial charge in [0.2, 0.25) is 6.79 Å². The molecule has 0 atom stereocenters. The number of nitrogens with two attached hydrogens (primary N) is 1. The van der Waals surface area contributed by atoms with Gasteiger partial charge in [-0.15, -0.1) is 10.2 Å². The summed E-state index contributed by atoms with van der Waals surface area (Å²) in [6, 6.07) is 11.2. The third kappa shape index (κ3) is 3.31. The Morgan fingerprint density at radius 1 is 1.00 bits per heavy atom. The number of rotatable bonds is 2. The lowest BCUT2D eigenvalue weighted by Gasteiger charge is -2.27. The lowest BCUT2D eigenvalue weighted by atomic mass is 9.94. The smallest absolute Gasteiger partial charge is 0.270 e. The van der Waals surface area contributed by atoms with Gasteiger partial charge in [-0.1, -0.05) is 12.1 Å². The Labute approximate surface area is 167 Å². The van der Waals surface area contributed by atoms with Gasteiger partial charge < -0.3 is 24.8 Å². The molecule has 0 unspecified atom stereocenters. The molecule has 5 rings (SSSR count). The van der Waals surface area contributed by atoms with Crippen molar-refractivity contribution in [1.29, 1.82) is 0 Å². The van der Waals surface area contributed by atoms with Crippen LogP contribution < -0.4 is 15.2 Å². The zero-order valence-corrected chi connectivity index (χ0v) is 15.8. The molecular weight excluding hydrogens is 372 g/mol. The summed E-state index contributed by atoms with van der Waals surface area (Å²) in [6.45, 7) is 2.36. The normalized spacial score (nSPS) is 17.9. The molecule has 29 heavy (non-hydrogen) atoms. The number of benzene rings is 2. The average Bonchev–Trinajstić information content (AvgIpc) is 3.13. The summed E-state index contributed by atoms with van der Waals surface area (Å²) in [7, 11) is 0. The van der Waals surface area contributed by atoms with Crippen molar-refractivity contribution >= 4 is 23.0 Å². The van der Waals surface area contributed by atoms with Gasteiger partial charge in [-0.2, -0.15) is 0 Å². The highest BCUT2D eigenvalue weighted by atomic mass is 16.7. The molecule has 0 bridgehead atoms. The van der Waals surface area contributed by atoms with Crippen LogP contribution in [0.15, 0.2) is 46.6 Å². The Kier molecular flexibility index (Phi) is 4.40. The average molecular weight is 392 g/mol. The molecular formula is C21H20N4O4. The number of carbonyl (C=O) groups is 1. The number of hydrogen-bond acceptors (Lipinski definition) is 7. The summed E-state index contributed by atoms with van der Waals surface area (Å²) in [5, 5.41) is 8.83. The SMILES string of the molecule is Nc1ccc(C2=NN=C(C(=O)N3CCOCC3)Cc3cc4c(cc32)OCO4)cc1. The van der Waals surface area contributed by atoms with E-state index in [1.165, 1.54) is 0 Å². The van der Waals surface area contributed by atoms with E-state index < -0.39 is 0 Å². The highest BCUT2D eigenvalue weighted by Crippen LogP contribution is 2.37. The molecule has 0 aromatic heterocycles. The van der Waals surface area contributed by atoms with Crippen LogP contribution >= 0.6 is 0 Å². The molecule has 8 nitrogen and oxygen atoms in total. The minimum atomic E-state index is -0.112. The third-order valence-corrected chi connectivity index (χ3v) is 5.21. The van der Waals surface area contributed by atoms with Crippen LogP contribution in [0.3, 0.4) is 0 Å². The molecule has 2 aromatic rings. The summed E-state index contributed by atoms with van der Waals surface area (Å²) >= 11 is 0. The summed E-state index contributed by atoms with van der Waals surface area (Å²) in [5.74, 6) is 1.22. The van der Waals surface area contributed by atoms with Crippen molar-refractivity contribution in [3.05, 3.63) is 53.1 Å². The molecule has 0 aliphatic carbocycles. The van der Waals surface area contributed by atoms with E-state index in [1.54, 1.807) is 4.90 Å². The molecule has 0 radical (unpaired) electrons. The van der Waals surface area contributed by atoms with Crippen LogP contribution in [0.25, 0.3) is 0 Å². The summed E-state index contributed by atoms with van der Waals surface area (Å²) in [4.78, 5) is 14.8. The first-order valence-electron chi connectivity index (χ1n) is 9.49. The Morgan fingerprint density at radius 3 is 2.48 bits per heavy atom. The van der Waals surface area contributed by atoms with E-state index in [4.69, 9.17) is 19.9 Å². The predicted octanol–water partition coefficient (Wildman–Crippen LogP) is 1.61. The number of fused-ring (bicyclic) bond motifs is 2. The fourth-order valence-electron chi connectivity index (χ4n) is 3.65. The number of morpholine rings is 1. The van der Waals surface area contributed by atoms with Crippen LogP contribution in [-0.2, 0) is 16.0 Å². The van der Waals surface area contributed by atoms with Gasteiger partial charge in [-0.3, -0.25) is 4.79 Å². The van der Waals surface area contributed by atoms with Crippen molar-refractivity contribution in [2.24, 2.45) is 10.2 Å². The van der Waals surface area contributed by atoms with Gasteiger partial charge in [0.1, 0.15) is 11.4 Å². The van der Waals surface area contributed by atoms with Crippen LogP contribution in [0.4, 0.5) is 5.69 Å². The molecule has 2 aromatic carbocycles. The van der Waals surface area contributed by atoms with Gasteiger partial charge >= 0.3 is 0 Å². The standard InChI is InChI=1S/C21H20N4O4/c22-15-3-1-13(2-4-15)20-16-11-19-18(28-12-29-19)10-14(16)9-17(23-24-20)21(26)25-5-7-27-8-6-25/h1-4,10-11H,5-9,12,22H2. The maximum absolute atomic E-state index is 13.0. The van der Waals surface area contributed by atoms with Gasteiger partial charge in [0.15, 0.2) is 11.5 Å². The molecule has 148 valence electrons. The molecule has 2 N–H and O–H groups in total. The van der Waals surface area contributed by atoms with Crippen molar-refractivity contribution in [2.75, 3.05) is 38.8 Å². The second kappa shape index (κ2) is 7.21.